The molecule has 0 aliphatic carbocycles. The number of hydrogen-bond donors (Lipinski definition) is 1. The molecule has 1 unspecified atom stereocenters. The number of carbonyl (C=O) groups excluding carboxylic acids is 1. The molecule has 5 heteroatoms. The number of piperidine rings is 1. The van der Waals surface area contributed by atoms with Gasteiger partial charge in [0, 0.05) is 19.5 Å². The van der Waals surface area contributed by atoms with Gasteiger partial charge in [-0.15, -0.1) is 0 Å². The van der Waals surface area contributed by atoms with Crippen LogP contribution in [0.4, 0.5) is 0 Å². The molecule has 2 rings (SSSR count). The molecule has 0 aromatic rings. The van der Waals surface area contributed by atoms with Crippen molar-refractivity contribution in [3.63, 3.8) is 0 Å². The van der Waals surface area contributed by atoms with Crippen molar-refractivity contribution < 1.29 is 19.0 Å². The van der Waals surface area contributed by atoms with Crippen LogP contribution in [-0.2, 0) is 19.0 Å². The highest BCUT2D eigenvalue weighted by Gasteiger charge is 2.48. The molecule has 0 amide bonds. The van der Waals surface area contributed by atoms with Crippen LogP contribution in [0, 0.1) is 5.92 Å². The molecule has 0 saturated carbocycles. The molecule has 5 nitrogen and oxygen atoms in total. The highest BCUT2D eigenvalue weighted by molar-refractivity contribution is 5.74. The number of methoxy groups -OCH3 is 1. The summed E-state index contributed by atoms with van der Waals surface area (Å²) >= 11 is 0. The molecule has 0 bridgehead atoms. The van der Waals surface area contributed by atoms with E-state index in [9.17, 15) is 4.79 Å². The maximum atomic E-state index is 11.6. The van der Waals surface area contributed by atoms with E-state index in [1.54, 1.807) is 0 Å². The summed E-state index contributed by atoms with van der Waals surface area (Å²) in [5.41, 5.74) is 0. The Balaban J connectivity index is 2.13. The summed E-state index contributed by atoms with van der Waals surface area (Å²) in [6.45, 7) is 2.70. The highest BCUT2D eigenvalue weighted by Crippen LogP contribution is 2.33. The fourth-order valence-corrected chi connectivity index (χ4v) is 2.18. The first-order valence-corrected chi connectivity index (χ1v) is 5.35. The second kappa shape index (κ2) is 4.47. The molecule has 0 aromatic heterocycles. The monoisotopic (exact) mass is 215 g/mol. The number of carbonyl (C=O) groups is 1. The van der Waals surface area contributed by atoms with Crippen LogP contribution in [0.25, 0.3) is 0 Å². The topological polar surface area (TPSA) is 56.8 Å². The molecule has 2 aliphatic heterocycles. The molecule has 0 radical (unpaired) electrons. The summed E-state index contributed by atoms with van der Waals surface area (Å²) in [5, 5.41) is 3.16. The van der Waals surface area contributed by atoms with Gasteiger partial charge in [0.1, 0.15) is 5.92 Å². The first-order valence-electron chi connectivity index (χ1n) is 5.35. The van der Waals surface area contributed by atoms with Crippen LogP contribution in [0.1, 0.15) is 12.8 Å². The van der Waals surface area contributed by atoms with Gasteiger partial charge in [-0.05, 0) is 6.42 Å². The van der Waals surface area contributed by atoms with Crippen LogP contribution in [0.5, 0.6) is 0 Å². The standard InChI is InChI=1S/C10H17NO4/c1-13-9(12)8-7-11-4-3-10(8)14-5-2-6-15-10/h8,11H,2-7H2,1H3. The van der Waals surface area contributed by atoms with Crippen LogP contribution in [-0.4, -0.2) is 45.2 Å². The third-order valence-electron chi connectivity index (χ3n) is 3.00. The number of hydrogen-bond acceptors (Lipinski definition) is 5. The fourth-order valence-electron chi connectivity index (χ4n) is 2.18. The van der Waals surface area contributed by atoms with E-state index in [4.69, 9.17) is 14.2 Å². The zero-order chi connectivity index (χ0) is 10.7. The number of nitrogens with one attached hydrogen (secondary N) is 1. The first kappa shape index (κ1) is 10.9. The van der Waals surface area contributed by atoms with Crippen LogP contribution < -0.4 is 5.32 Å². The fraction of sp³-hybridized carbons (Fsp3) is 0.900. The highest BCUT2D eigenvalue weighted by atomic mass is 16.7. The SMILES string of the molecule is COC(=O)C1CNCCC12OCCCO2. The molecule has 0 aromatic carbocycles. The molecule has 2 fully saturated rings. The van der Waals surface area contributed by atoms with Crippen molar-refractivity contribution in [2.75, 3.05) is 33.4 Å². The van der Waals surface area contributed by atoms with Gasteiger partial charge in [0.15, 0.2) is 5.79 Å². The summed E-state index contributed by atoms with van der Waals surface area (Å²) in [7, 11) is 1.40. The molecule has 2 heterocycles. The summed E-state index contributed by atoms with van der Waals surface area (Å²) in [4.78, 5) is 11.6. The van der Waals surface area contributed by atoms with Gasteiger partial charge in [-0.3, -0.25) is 4.79 Å². The van der Waals surface area contributed by atoms with Crippen LogP contribution >= 0.6 is 0 Å². The third-order valence-corrected chi connectivity index (χ3v) is 3.00. The maximum Gasteiger partial charge on any atom is 0.315 e. The van der Waals surface area contributed by atoms with Gasteiger partial charge in [-0.25, -0.2) is 0 Å². The van der Waals surface area contributed by atoms with E-state index in [-0.39, 0.29) is 11.9 Å². The molecule has 2 aliphatic rings. The lowest BCUT2D eigenvalue weighted by atomic mass is 9.91. The first-order chi connectivity index (χ1) is 7.28. The van der Waals surface area contributed by atoms with Gasteiger partial charge < -0.3 is 19.5 Å². The minimum atomic E-state index is -0.739. The Morgan fingerprint density at radius 3 is 2.87 bits per heavy atom. The van der Waals surface area contributed by atoms with Crippen molar-refractivity contribution >= 4 is 5.97 Å². The van der Waals surface area contributed by atoms with Crippen molar-refractivity contribution in [3.8, 4) is 0 Å². The Kier molecular flexibility index (Phi) is 3.23. The Labute approximate surface area is 89.1 Å². The molecular weight excluding hydrogens is 198 g/mol. The van der Waals surface area contributed by atoms with Gasteiger partial charge in [0.05, 0.1) is 20.3 Å². The quantitative estimate of drug-likeness (QED) is 0.619. The largest absolute Gasteiger partial charge is 0.469 e. The van der Waals surface area contributed by atoms with Crippen molar-refractivity contribution in [2.45, 2.75) is 18.6 Å². The summed E-state index contributed by atoms with van der Waals surface area (Å²) in [6, 6.07) is 0. The second-order valence-corrected chi connectivity index (χ2v) is 3.89. The molecule has 15 heavy (non-hydrogen) atoms. The molecule has 1 N–H and O–H groups in total. The van der Waals surface area contributed by atoms with E-state index in [2.05, 4.69) is 5.32 Å². The lowest BCUT2D eigenvalue weighted by Crippen LogP contribution is -2.58. The van der Waals surface area contributed by atoms with Crippen molar-refractivity contribution in [1.29, 1.82) is 0 Å². The Hall–Kier alpha value is -0.650. The van der Waals surface area contributed by atoms with Gasteiger partial charge in [0.25, 0.3) is 0 Å². The Morgan fingerprint density at radius 2 is 2.20 bits per heavy atom. The summed E-state index contributed by atoms with van der Waals surface area (Å²) in [5.74, 6) is -1.35. The van der Waals surface area contributed by atoms with Crippen molar-refractivity contribution in [1.82, 2.24) is 5.32 Å². The second-order valence-electron chi connectivity index (χ2n) is 3.89. The zero-order valence-electron chi connectivity index (χ0n) is 8.95. The Morgan fingerprint density at radius 1 is 1.47 bits per heavy atom. The molecule has 1 spiro atoms. The van der Waals surface area contributed by atoms with E-state index in [1.807, 2.05) is 0 Å². The van der Waals surface area contributed by atoms with Gasteiger partial charge in [-0.2, -0.15) is 0 Å². The summed E-state index contributed by atoms with van der Waals surface area (Å²) < 4.78 is 16.1. The lowest BCUT2D eigenvalue weighted by molar-refractivity contribution is -0.299. The third kappa shape index (κ3) is 2.00. The van der Waals surface area contributed by atoms with Crippen LogP contribution in [0.3, 0.4) is 0 Å². The van der Waals surface area contributed by atoms with Crippen molar-refractivity contribution in [2.24, 2.45) is 5.92 Å². The maximum absolute atomic E-state index is 11.6. The molecular formula is C10H17NO4. The zero-order valence-corrected chi connectivity index (χ0v) is 8.95. The van der Waals surface area contributed by atoms with Gasteiger partial charge in [0.2, 0.25) is 0 Å². The van der Waals surface area contributed by atoms with Crippen molar-refractivity contribution in [3.05, 3.63) is 0 Å². The number of ether oxygens (including phenoxy) is 3. The van der Waals surface area contributed by atoms with Crippen LogP contribution in [0.15, 0.2) is 0 Å². The predicted octanol–water partition coefficient (Wildman–Crippen LogP) is -0.0979. The van der Waals surface area contributed by atoms with E-state index < -0.39 is 5.79 Å². The minimum absolute atomic E-state index is 0.260. The Bertz CT molecular complexity index is 229. The molecule has 86 valence electrons. The predicted molar refractivity (Wildman–Crippen MR) is 52.2 cm³/mol. The summed E-state index contributed by atoms with van der Waals surface area (Å²) in [6.07, 6.45) is 1.59. The number of esters is 1. The molecule has 2 saturated heterocycles. The average Bonchev–Trinajstić information content (AvgIpc) is 2.30. The molecule has 1 atom stereocenters. The van der Waals surface area contributed by atoms with E-state index in [0.29, 0.717) is 26.2 Å². The van der Waals surface area contributed by atoms with E-state index in [1.165, 1.54) is 7.11 Å². The smallest absolute Gasteiger partial charge is 0.315 e. The average molecular weight is 215 g/mol. The van der Waals surface area contributed by atoms with Gasteiger partial charge in [-0.1, -0.05) is 0 Å². The number of rotatable bonds is 1. The van der Waals surface area contributed by atoms with Gasteiger partial charge >= 0.3 is 5.97 Å². The lowest BCUT2D eigenvalue weighted by Gasteiger charge is -2.44. The minimum Gasteiger partial charge on any atom is -0.469 e. The van der Waals surface area contributed by atoms with E-state index >= 15 is 0 Å². The normalized spacial score (nSPS) is 30.1. The van der Waals surface area contributed by atoms with E-state index in [0.717, 1.165) is 13.0 Å². The van der Waals surface area contributed by atoms with Crippen LogP contribution in [0.2, 0.25) is 0 Å².